The monoisotopic (exact) mass is 299 g/mol. The number of carbonyl (C=O) groups excluding carboxylic acids is 1. The molecule has 0 aromatic heterocycles. The maximum atomic E-state index is 12.9. The summed E-state index contributed by atoms with van der Waals surface area (Å²) in [6, 6.07) is 14.1. The first-order chi connectivity index (χ1) is 10.6. The normalized spacial score (nSPS) is 18.4. The van der Waals surface area contributed by atoms with Crippen molar-refractivity contribution in [3.63, 3.8) is 0 Å². The van der Waals surface area contributed by atoms with Crippen LogP contribution in [0.25, 0.3) is 0 Å². The maximum Gasteiger partial charge on any atom is 0.282 e. The SMILES string of the molecule is C[C@@H](C(=O)Nc1ccc(F)cc1)[NH+]1CCc2ccccc2C1. The molecule has 0 bridgehead atoms. The average Bonchev–Trinajstić information content (AvgIpc) is 2.55. The highest BCUT2D eigenvalue weighted by Crippen LogP contribution is 2.11. The molecule has 0 saturated heterocycles. The lowest BCUT2D eigenvalue weighted by atomic mass is 9.99. The molecule has 0 aliphatic carbocycles. The second kappa shape index (κ2) is 6.28. The molecule has 2 aromatic rings. The average molecular weight is 299 g/mol. The summed E-state index contributed by atoms with van der Waals surface area (Å²) in [4.78, 5) is 13.6. The van der Waals surface area contributed by atoms with Crippen LogP contribution in [0, 0.1) is 5.82 Å². The predicted octanol–water partition coefficient (Wildman–Crippen LogP) is 1.79. The van der Waals surface area contributed by atoms with Gasteiger partial charge in [0.05, 0.1) is 6.54 Å². The van der Waals surface area contributed by atoms with Crippen LogP contribution in [-0.2, 0) is 17.8 Å². The van der Waals surface area contributed by atoms with E-state index < -0.39 is 0 Å². The number of quaternary nitrogens is 1. The van der Waals surface area contributed by atoms with Gasteiger partial charge in [0.25, 0.3) is 5.91 Å². The quantitative estimate of drug-likeness (QED) is 0.890. The van der Waals surface area contributed by atoms with Crippen molar-refractivity contribution in [3.05, 3.63) is 65.5 Å². The van der Waals surface area contributed by atoms with E-state index in [1.807, 2.05) is 13.0 Å². The number of rotatable bonds is 3. The van der Waals surface area contributed by atoms with Gasteiger partial charge < -0.3 is 10.2 Å². The van der Waals surface area contributed by atoms with E-state index in [1.165, 1.54) is 28.2 Å². The Morgan fingerprint density at radius 2 is 1.82 bits per heavy atom. The summed E-state index contributed by atoms with van der Waals surface area (Å²) >= 11 is 0. The fourth-order valence-electron chi connectivity index (χ4n) is 2.94. The third-order valence-electron chi connectivity index (χ3n) is 4.37. The minimum atomic E-state index is -0.302. The van der Waals surface area contributed by atoms with Gasteiger partial charge in [0.2, 0.25) is 0 Å². The number of anilines is 1. The molecule has 4 heteroatoms. The summed E-state index contributed by atoms with van der Waals surface area (Å²) in [6.45, 7) is 3.77. The highest BCUT2D eigenvalue weighted by atomic mass is 19.1. The smallest absolute Gasteiger partial charge is 0.282 e. The zero-order valence-electron chi connectivity index (χ0n) is 12.6. The molecule has 2 aromatic carbocycles. The first-order valence-electron chi connectivity index (χ1n) is 7.61. The van der Waals surface area contributed by atoms with E-state index in [9.17, 15) is 9.18 Å². The molecule has 2 N–H and O–H groups in total. The molecule has 0 fully saturated rings. The second-order valence-electron chi connectivity index (χ2n) is 5.82. The van der Waals surface area contributed by atoms with Crippen LogP contribution in [0.2, 0.25) is 0 Å². The zero-order chi connectivity index (χ0) is 15.5. The van der Waals surface area contributed by atoms with Gasteiger partial charge in [-0.3, -0.25) is 4.79 Å². The Bertz CT molecular complexity index is 669. The van der Waals surface area contributed by atoms with E-state index in [0.717, 1.165) is 19.5 Å². The topological polar surface area (TPSA) is 33.5 Å². The van der Waals surface area contributed by atoms with Crippen LogP contribution in [0.3, 0.4) is 0 Å². The molecule has 114 valence electrons. The molecule has 1 aliphatic heterocycles. The van der Waals surface area contributed by atoms with E-state index in [2.05, 4.69) is 23.5 Å². The Hall–Kier alpha value is -2.20. The van der Waals surface area contributed by atoms with E-state index in [0.29, 0.717) is 5.69 Å². The van der Waals surface area contributed by atoms with Gasteiger partial charge in [0.1, 0.15) is 12.4 Å². The molecular formula is C18H20FN2O+. The van der Waals surface area contributed by atoms with Crippen molar-refractivity contribution >= 4 is 11.6 Å². The van der Waals surface area contributed by atoms with Gasteiger partial charge in [-0.25, -0.2) is 4.39 Å². The number of benzene rings is 2. The van der Waals surface area contributed by atoms with Crippen molar-refractivity contribution in [2.75, 3.05) is 11.9 Å². The molecule has 1 amide bonds. The van der Waals surface area contributed by atoms with Crippen molar-refractivity contribution in [1.82, 2.24) is 0 Å². The first-order valence-corrected chi connectivity index (χ1v) is 7.61. The first kappa shape index (κ1) is 14.7. The van der Waals surface area contributed by atoms with Crippen LogP contribution >= 0.6 is 0 Å². The number of hydrogen-bond donors (Lipinski definition) is 2. The van der Waals surface area contributed by atoms with E-state index >= 15 is 0 Å². The highest BCUT2D eigenvalue weighted by Gasteiger charge is 2.28. The lowest BCUT2D eigenvalue weighted by Gasteiger charge is -2.30. The number of halogens is 1. The van der Waals surface area contributed by atoms with Crippen molar-refractivity contribution in [1.29, 1.82) is 0 Å². The number of carbonyl (C=O) groups is 1. The summed E-state index contributed by atoms with van der Waals surface area (Å²) in [6.07, 6.45) is 1.000. The largest absolute Gasteiger partial charge is 0.321 e. The van der Waals surface area contributed by atoms with Crippen molar-refractivity contribution < 1.29 is 14.1 Å². The molecule has 0 radical (unpaired) electrons. The van der Waals surface area contributed by atoms with Crippen molar-refractivity contribution in [2.45, 2.75) is 25.9 Å². The molecule has 1 heterocycles. The minimum absolute atomic E-state index is 0.0269. The molecule has 3 rings (SSSR count). The van der Waals surface area contributed by atoms with E-state index in [-0.39, 0.29) is 17.8 Å². The fourth-order valence-corrected chi connectivity index (χ4v) is 2.94. The van der Waals surface area contributed by atoms with E-state index in [4.69, 9.17) is 0 Å². The van der Waals surface area contributed by atoms with Crippen LogP contribution in [-0.4, -0.2) is 18.5 Å². The van der Waals surface area contributed by atoms with Gasteiger partial charge in [-0.05, 0) is 36.8 Å². The van der Waals surface area contributed by atoms with E-state index in [1.54, 1.807) is 12.1 Å². The Balaban J connectivity index is 1.65. The molecule has 1 unspecified atom stereocenters. The Labute approximate surface area is 129 Å². The highest BCUT2D eigenvalue weighted by molar-refractivity contribution is 5.93. The maximum absolute atomic E-state index is 12.9. The molecule has 2 atom stereocenters. The van der Waals surface area contributed by atoms with Gasteiger partial charge in [-0.15, -0.1) is 0 Å². The number of amides is 1. The summed E-state index contributed by atoms with van der Waals surface area (Å²) in [5.41, 5.74) is 3.35. The summed E-state index contributed by atoms with van der Waals surface area (Å²) < 4.78 is 12.9. The van der Waals surface area contributed by atoms with Crippen LogP contribution in [0.4, 0.5) is 10.1 Å². The van der Waals surface area contributed by atoms with Crippen molar-refractivity contribution in [3.8, 4) is 0 Å². The number of fused-ring (bicyclic) bond motifs is 1. The fraction of sp³-hybridized carbons (Fsp3) is 0.278. The minimum Gasteiger partial charge on any atom is -0.321 e. The third kappa shape index (κ3) is 3.17. The summed E-state index contributed by atoms with van der Waals surface area (Å²) in [5, 5.41) is 2.86. The summed E-state index contributed by atoms with van der Waals surface area (Å²) in [5.74, 6) is -0.328. The molecule has 0 saturated carbocycles. The Morgan fingerprint density at radius 1 is 1.14 bits per heavy atom. The van der Waals surface area contributed by atoms with Crippen LogP contribution in [0.1, 0.15) is 18.1 Å². The molecular weight excluding hydrogens is 279 g/mol. The molecule has 3 nitrogen and oxygen atoms in total. The summed E-state index contributed by atoms with van der Waals surface area (Å²) in [7, 11) is 0. The molecule has 22 heavy (non-hydrogen) atoms. The number of nitrogens with one attached hydrogen (secondary N) is 2. The standard InChI is InChI=1S/C18H19FN2O/c1-13(18(22)20-17-8-6-16(19)7-9-17)21-11-10-14-4-2-3-5-15(14)12-21/h2-9,13H,10-12H2,1H3,(H,20,22)/p+1/t13-/m0/s1. The third-order valence-corrected chi connectivity index (χ3v) is 4.37. The number of hydrogen-bond acceptors (Lipinski definition) is 1. The van der Waals surface area contributed by atoms with Crippen LogP contribution in [0.15, 0.2) is 48.5 Å². The molecule has 0 spiro atoms. The van der Waals surface area contributed by atoms with Gasteiger partial charge in [-0.2, -0.15) is 0 Å². The van der Waals surface area contributed by atoms with Gasteiger partial charge in [0.15, 0.2) is 6.04 Å². The molecule has 1 aliphatic rings. The van der Waals surface area contributed by atoms with Gasteiger partial charge >= 0.3 is 0 Å². The van der Waals surface area contributed by atoms with Crippen LogP contribution < -0.4 is 10.2 Å². The van der Waals surface area contributed by atoms with Crippen LogP contribution in [0.5, 0.6) is 0 Å². The zero-order valence-corrected chi connectivity index (χ0v) is 12.6. The lowest BCUT2D eigenvalue weighted by Crippen LogP contribution is -3.16. The second-order valence-corrected chi connectivity index (χ2v) is 5.82. The van der Waals surface area contributed by atoms with Crippen molar-refractivity contribution in [2.24, 2.45) is 0 Å². The van der Waals surface area contributed by atoms with Gasteiger partial charge in [0, 0.05) is 17.7 Å². The lowest BCUT2D eigenvalue weighted by molar-refractivity contribution is -0.929. The Morgan fingerprint density at radius 3 is 2.55 bits per heavy atom. The predicted molar refractivity (Wildman–Crippen MR) is 84.2 cm³/mol. The van der Waals surface area contributed by atoms with Gasteiger partial charge in [-0.1, -0.05) is 24.3 Å². The Kier molecular flexibility index (Phi) is 4.20.